The van der Waals surface area contributed by atoms with Crippen LogP contribution in [-0.2, 0) is 0 Å². The van der Waals surface area contributed by atoms with E-state index in [1.165, 1.54) is 0 Å². The molecule has 2 aromatic rings. The lowest BCUT2D eigenvalue weighted by atomic mass is 10.1. The highest BCUT2D eigenvalue weighted by molar-refractivity contribution is 5.61. The first-order chi connectivity index (χ1) is 7.65. The van der Waals surface area contributed by atoms with Crippen molar-refractivity contribution in [3.05, 3.63) is 30.3 Å². The van der Waals surface area contributed by atoms with Crippen molar-refractivity contribution in [1.82, 2.24) is 5.16 Å². The number of ether oxygens (including phenoxy) is 1. The molecule has 2 N–H and O–H groups in total. The van der Waals surface area contributed by atoms with Gasteiger partial charge in [-0.05, 0) is 26.0 Å². The lowest BCUT2D eigenvalue weighted by Gasteiger charge is -2.09. The summed E-state index contributed by atoms with van der Waals surface area (Å²) in [6.45, 7) is 3.97. The maximum absolute atomic E-state index is 5.59. The highest BCUT2D eigenvalue weighted by atomic mass is 16.5. The summed E-state index contributed by atoms with van der Waals surface area (Å²) in [5.74, 6) is 1.83. The number of nitrogens with zero attached hydrogens (tertiary/aromatic N) is 1. The summed E-state index contributed by atoms with van der Waals surface area (Å²) in [7, 11) is 0. The summed E-state index contributed by atoms with van der Waals surface area (Å²) in [5.41, 5.74) is 6.40. The zero-order chi connectivity index (χ0) is 11.5. The van der Waals surface area contributed by atoms with E-state index in [9.17, 15) is 0 Å². The number of aromatic nitrogens is 1. The van der Waals surface area contributed by atoms with Crippen LogP contribution in [0.3, 0.4) is 0 Å². The molecule has 0 saturated carbocycles. The van der Waals surface area contributed by atoms with Crippen molar-refractivity contribution in [2.24, 2.45) is 0 Å². The van der Waals surface area contributed by atoms with E-state index in [0.29, 0.717) is 11.6 Å². The van der Waals surface area contributed by atoms with Gasteiger partial charge in [0.2, 0.25) is 0 Å². The average molecular weight is 218 g/mol. The van der Waals surface area contributed by atoms with E-state index in [-0.39, 0.29) is 6.10 Å². The molecule has 0 aliphatic carbocycles. The molecule has 0 bridgehead atoms. The molecule has 4 nitrogen and oxygen atoms in total. The molecule has 84 valence electrons. The molecule has 0 amide bonds. The van der Waals surface area contributed by atoms with Crippen LogP contribution in [0.15, 0.2) is 34.9 Å². The Morgan fingerprint density at radius 3 is 2.75 bits per heavy atom. The van der Waals surface area contributed by atoms with Crippen molar-refractivity contribution in [1.29, 1.82) is 0 Å². The normalized spacial score (nSPS) is 10.7. The summed E-state index contributed by atoms with van der Waals surface area (Å²) in [5, 5.41) is 3.65. The Morgan fingerprint density at radius 1 is 1.31 bits per heavy atom. The molecule has 1 aromatic heterocycles. The minimum absolute atomic E-state index is 0.148. The van der Waals surface area contributed by atoms with Crippen LogP contribution in [0.25, 0.3) is 11.3 Å². The van der Waals surface area contributed by atoms with Crippen molar-refractivity contribution in [3.8, 4) is 17.1 Å². The van der Waals surface area contributed by atoms with Gasteiger partial charge in [-0.15, -0.1) is 0 Å². The minimum Gasteiger partial charge on any atom is -0.491 e. The number of nitrogens with two attached hydrogens (primary N) is 1. The molecule has 0 saturated heterocycles. The largest absolute Gasteiger partial charge is 0.491 e. The summed E-state index contributed by atoms with van der Waals surface area (Å²) >= 11 is 0. The van der Waals surface area contributed by atoms with Crippen LogP contribution >= 0.6 is 0 Å². The van der Waals surface area contributed by atoms with Crippen LogP contribution < -0.4 is 10.5 Å². The van der Waals surface area contributed by atoms with Gasteiger partial charge in [0.25, 0.3) is 0 Å². The molecular weight excluding hydrogens is 204 g/mol. The summed E-state index contributed by atoms with van der Waals surface area (Å²) in [6, 6.07) is 9.33. The third-order valence-electron chi connectivity index (χ3n) is 2.02. The Labute approximate surface area is 94.0 Å². The van der Waals surface area contributed by atoms with E-state index in [2.05, 4.69) is 5.16 Å². The number of benzene rings is 1. The molecule has 16 heavy (non-hydrogen) atoms. The number of hydrogen-bond donors (Lipinski definition) is 1. The maximum atomic E-state index is 5.59. The molecule has 1 heterocycles. The topological polar surface area (TPSA) is 61.3 Å². The minimum atomic E-state index is 0.148. The van der Waals surface area contributed by atoms with Gasteiger partial charge < -0.3 is 15.0 Å². The standard InChI is InChI=1S/C12H14N2O2/c1-8(2)15-10-5-3-4-9(6-10)11-7-12(13)14-16-11/h3-8H,1-2H3,(H2,13,14). The highest BCUT2D eigenvalue weighted by Gasteiger charge is 2.06. The smallest absolute Gasteiger partial charge is 0.169 e. The second-order valence-electron chi connectivity index (χ2n) is 3.81. The van der Waals surface area contributed by atoms with Gasteiger partial charge >= 0.3 is 0 Å². The molecule has 0 aliphatic heterocycles. The predicted molar refractivity (Wildman–Crippen MR) is 62.1 cm³/mol. The molecule has 0 unspecified atom stereocenters. The summed E-state index contributed by atoms with van der Waals surface area (Å²) in [6.07, 6.45) is 0.148. The van der Waals surface area contributed by atoms with Gasteiger partial charge in [0.1, 0.15) is 5.75 Å². The number of rotatable bonds is 3. The average Bonchev–Trinajstić information content (AvgIpc) is 2.64. The second-order valence-corrected chi connectivity index (χ2v) is 3.81. The third-order valence-corrected chi connectivity index (χ3v) is 2.02. The third kappa shape index (κ3) is 2.34. The second kappa shape index (κ2) is 4.26. The maximum Gasteiger partial charge on any atom is 0.169 e. The van der Waals surface area contributed by atoms with Crippen molar-refractivity contribution in [2.45, 2.75) is 20.0 Å². The highest BCUT2D eigenvalue weighted by Crippen LogP contribution is 2.25. The zero-order valence-corrected chi connectivity index (χ0v) is 9.31. The first-order valence-corrected chi connectivity index (χ1v) is 5.14. The van der Waals surface area contributed by atoms with E-state index < -0.39 is 0 Å². The molecule has 0 spiro atoms. The zero-order valence-electron chi connectivity index (χ0n) is 9.31. The van der Waals surface area contributed by atoms with E-state index in [0.717, 1.165) is 11.3 Å². The van der Waals surface area contributed by atoms with E-state index in [4.69, 9.17) is 15.0 Å². The van der Waals surface area contributed by atoms with Gasteiger partial charge in [0.15, 0.2) is 11.6 Å². The van der Waals surface area contributed by atoms with E-state index >= 15 is 0 Å². The van der Waals surface area contributed by atoms with E-state index in [1.807, 2.05) is 38.1 Å². The van der Waals surface area contributed by atoms with Crippen LogP contribution in [-0.4, -0.2) is 11.3 Å². The molecule has 1 aromatic carbocycles. The van der Waals surface area contributed by atoms with Crippen molar-refractivity contribution >= 4 is 5.82 Å². The van der Waals surface area contributed by atoms with Crippen LogP contribution in [0.5, 0.6) is 5.75 Å². The summed E-state index contributed by atoms with van der Waals surface area (Å²) in [4.78, 5) is 0. The van der Waals surface area contributed by atoms with Gasteiger partial charge in [-0.25, -0.2) is 0 Å². The molecule has 0 aliphatic rings. The quantitative estimate of drug-likeness (QED) is 0.860. The number of nitrogen functional groups attached to an aromatic ring is 1. The first kappa shape index (κ1) is 10.5. The van der Waals surface area contributed by atoms with Gasteiger partial charge in [-0.2, -0.15) is 0 Å². The molecule has 0 radical (unpaired) electrons. The number of hydrogen-bond acceptors (Lipinski definition) is 4. The van der Waals surface area contributed by atoms with Gasteiger partial charge in [0.05, 0.1) is 6.10 Å². The SMILES string of the molecule is CC(C)Oc1cccc(-c2cc(N)no2)c1. The van der Waals surface area contributed by atoms with Gasteiger partial charge in [-0.1, -0.05) is 17.3 Å². The van der Waals surface area contributed by atoms with Gasteiger partial charge in [-0.3, -0.25) is 0 Å². The first-order valence-electron chi connectivity index (χ1n) is 5.14. The molecule has 0 atom stereocenters. The Bertz CT molecular complexity index is 477. The van der Waals surface area contributed by atoms with Crippen molar-refractivity contribution in [3.63, 3.8) is 0 Å². The fourth-order valence-electron chi connectivity index (χ4n) is 1.42. The Kier molecular flexibility index (Phi) is 2.81. The van der Waals surface area contributed by atoms with Crippen LogP contribution in [0.1, 0.15) is 13.8 Å². The molecule has 0 fully saturated rings. The van der Waals surface area contributed by atoms with Gasteiger partial charge in [0, 0.05) is 11.6 Å². The van der Waals surface area contributed by atoms with E-state index in [1.54, 1.807) is 6.07 Å². The lowest BCUT2D eigenvalue weighted by Crippen LogP contribution is -2.05. The Hall–Kier alpha value is -1.97. The van der Waals surface area contributed by atoms with Crippen LogP contribution in [0.4, 0.5) is 5.82 Å². The fourth-order valence-corrected chi connectivity index (χ4v) is 1.42. The summed E-state index contributed by atoms with van der Waals surface area (Å²) < 4.78 is 10.7. The van der Waals surface area contributed by atoms with Crippen LogP contribution in [0.2, 0.25) is 0 Å². The lowest BCUT2D eigenvalue weighted by molar-refractivity contribution is 0.242. The molecule has 4 heteroatoms. The van der Waals surface area contributed by atoms with Crippen LogP contribution in [0, 0.1) is 0 Å². The molecule has 2 rings (SSSR count). The number of anilines is 1. The Morgan fingerprint density at radius 2 is 2.12 bits per heavy atom. The van der Waals surface area contributed by atoms with Crippen molar-refractivity contribution < 1.29 is 9.26 Å². The Balaban J connectivity index is 2.28. The fraction of sp³-hybridized carbons (Fsp3) is 0.250. The predicted octanol–water partition coefficient (Wildman–Crippen LogP) is 2.71. The monoisotopic (exact) mass is 218 g/mol. The van der Waals surface area contributed by atoms with Crippen molar-refractivity contribution in [2.75, 3.05) is 5.73 Å². The molecular formula is C12H14N2O2.